The van der Waals surface area contributed by atoms with E-state index >= 15 is 0 Å². The van der Waals surface area contributed by atoms with Crippen LogP contribution in [0.2, 0.25) is 0 Å². The van der Waals surface area contributed by atoms with Crippen LogP contribution in [0.15, 0.2) is 0 Å². The third-order valence-electron chi connectivity index (χ3n) is 2.64. The zero-order valence-electron chi connectivity index (χ0n) is 10.2. The molecule has 1 N–H and O–H groups in total. The molecule has 0 radical (unpaired) electrons. The molecule has 0 saturated heterocycles. The van der Waals surface area contributed by atoms with Crippen molar-refractivity contribution in [2.24, 2.45) is 0 Å². The Hall–Kier alpha value is -0.890. The molecule has 1 rings (SSSR count). The molecule has 0 saturated carbocycles. The first-order chi connectivity index (χ1) is 8.43. The smallest absolute Gasteiger partial charge is 0.395 e. The van der Waals surface area contributed by atoms with Crippen LogP contribution < -0.4 is 4.90 Å². The Bertz CT molecular complexity index is 365. The molecule has 0 aromatic carbocycles. The van der Waals surface area contributed by atoms with Crippen LogP contribution in [-0.2, 0) is 6.18 Å². The molecular weight excluding hydrogens is 267 g/mol. The number of rotatable bonds is 6. The predicted molar refractivity (Wildman–Crippen MR) is 63.7 cm³/mol. The molecule has 18 heavy (non-hydrogen) atoms. The molecule has 0 fully saturated rings. The van der Waals surface area contributed by atoms with Gasteiger partial charge in [0.25, 0.3) is 0 Å². The molecule has 4 nitrogen and oxygen atoms in total. The fraction of sp³-hybridized carbons (Fsp3) is 0.800. The van der Waals surface area contributed by atoms with Gasteiger partial charge in [0.1, 0.15) is 0 Å². The number of nitrogens with zero attached hydrogens (tertiary/aromatic N) is 3. The van der Waals surface area contributed by atoms with Crippen LogP contribution in [0.4, 0.5) is 18.3 Å². The number of hydrogen-bond acceptors (Lipinski definition) is 5. The number of alkyl halides is 3. The summed E-state index contributed by atoms with van der Waals surface area (Å²) in [5.74, 6) is -1.11. The lowest BCUT2D eigenvalue weighted by Crippen LogP contribution is -2.36. The molecule has 0 aliphatic heterocycles. The van der Waals surface area contributed by atoms with Crippen LogP contribution in [0, 0.1) is 0 Å². The van der Waals surface area contributed by atoms with Gasteiger partial charge in [0.05, 0.1) is 6.61 Å². The Morgan fingerprint density at radius 2 is 1.94 bits per heavy atom. The van der Waals surface area contributed by atoms with Crippen molar-refractivity contribution >= 4 is 16.7 Å². The molecule has 1 heterocycles. The minimum atomic E-state index is -4.52. The molecule has 1 aromatic rings. The zero-order chi connectivity index (χ0) is 13.8. The van der Waals surface area contributed by atoms with Gasteiger partial charge in [-0.1, -0.05) is 13.8 Å². The molecule has 0 aliphatic rings. The van der Waals surface area contributed by atoms with E-state index in [1.54, 1.807) is 4.90 Å². The van der Waals surface area contributed by atoms with Crippen molar-refractivity contribution in [3.63, 3.8) is 0 Å². The normalized spacial score (nSPS) is 12.2. The Morgan fingerprint density at radius 1 is 1.33 bits per heavy atom. The lowest BCUT2D eigenvalue weighted by molar-refractivity contribution is -0.144. The summed E-state index contributed by atoms with van der Waals surface area (Å²) in [5, 5.41) is 9.21. The second-order valence-corrected chi connectivity index (χ2v) is 4.52. The average molecular weight is 283 g/mol. The fourth-order valence-electron chi connectivity index (χ4n) is 1.72. The van der Waals surface area contributed by atoms with Crippen LogP contribution in [0.5, 0.6) is 0 Å². The van der Waals surface area contributed by atoms with Crippen molar-refractivity contribution in [1.82, 2.24) is 9.36 Å². The maximum Gasteiger partial charge on any atom is 0.452 e. The number of aromatic nitrogens is 2. The van der Waals surface area contributed by atoms with E-state index in [4.69, 9.17) is 5.11 Å². The first kappa shape index (κ1) is 15.2. The number of aliphatic hydroxyl groups is 1. The lowest BCUT2D eigenvalue weighted by Gasteiger charge is -2.29. The van der Waals surface area contributed by atoms with Gasteiger partial charge in [-0.05, 0) is 12.8 Å². The lowest BCUT2D eigenvalue weighted by atomic mass is 10.1. The van der Waals surface area contributed by atoms with Crippen molar-refractivity contribution in [1.29, 1.82) is 0 Å². The largest absolute Gasteiger partial charge is 0.452 e. The summed E-state index contributed by atoms with van der Waals surface area (Å²) in [6.07, 6.45) is -2.97. The van der Waals surface area contributed by atoms with Gasteiger partial charge in [-0.2, -0.15) is 22.5 Å². The molecule has 0 unspecified atom stereocenters. The highest BCUT2D eigenvalue weighted by molar-refractivity contribution is 7.09. The zero-order valence-corrected chi connectivity index (χ0v) is 11.1. The average Bonchev–Trinajstić information content (AvgIpc) is 2.78. The third kappa shape index (κ3) is 3.55. The highest BCUT2D eigenvalue weighted by atomic mass is 32.1. The van der Waals surface area contributed by atoms with Crippen LogP contribution in [-0.4, -0.2) is 33.7 Å². The maximum atomic E-state index is 12.4. The van der Waals surface area contributed by atoms with Gasteiger partial charge in [-0.25, -0.2) is 0 Å². The van der Waals surface area contributed by atoms with E-state index in [2.05, 4.69) is 9.36 Å². The molecule has 0 amide bonds. The van der Waals surface area contributed by atoms with Gasteiger partial charge in [0.15, 0.2) is 0 Å². The summed E-state index contributed by atoms with van der Waals surface area (Å²) in [6, 6.07) is 0.0613. The fourth-order valence-corrected chi connectivity index (χ4v) is 2.50. The topological polar surface area (TPSA) is 49.2 Å². The van der Waals surface area contributed by atoms with Gasteiger partial charge in [0.2, 0.25) is 11.0 Å². The predicted octanol–water partition coefficient (Wildman–Crippen LogP) is 2.54. The molecule has 104 valence electrons. The van der Waals surface area contributed by atoms with Crippen LogP contribution >= 0.6 is 11.5 Å². The number of aliphatic hydroxyl groups excluding tert-OH is 1. The Balaban J connectivity index is 2.95. The molecule has 1 aromatic heterocycles. The number of halogens is 3. The molecule has 0 aliphatic carbocycles. The standard InChI is InChI=1S/C10H16F3N3OS/c1-3-7(4-2)16(5-6-17)9-14-8(15-18-9)10(11,12)13/h7,17H,3-6H2,1-2H3. The SMILES string of the molecule is CCC(CC)N(CCO)c1nc(C(F)(F)F)ns1. The molecule has 8 heteroatoms. The summed E-state index contributed by atoms with van der Waals surface area (Å²) >= 11 is 0.717. The quantitative estimate of drug-likeness (QED) is 0.871. The Morgan fingerprint density at radius 3 is 2.33 bits per heavy atom. The number of anilines is 1. The van der Waals surface area contributed by atoms with E-state index in [1.165, 1.54) is 0 Å². The van der Waals surface area contributed by atoms with Gasteiger partial charge < -0.3 is 10.0 Å². The molecule has 0 bridgehead atoms. The van der Waals surface area contributed by atoms with Crippen LogP contribution in [0.1, 0.15) is 32.5 Å². The van der Waals surface area contributed by atoms with Crippen molar-refractivity contribution in [3.05, 3.63) is 5.82 Å². The van der Waals surface area contributed by atoms with E-state index in [1.807, 2.05) is 13.8 Å². The first-order valence-electron chi connectivity index (χ1n) is 5.72. The van der Waals surface area contributed by atoms with Gasteiger partial charge >= 0.3 is 6.18 Å². The van der Waals surface area contributed by atoms with E-state index in [-0.39, 0.29) is 24.3 Å². The number of hydrogen-bond donors (Lipinski definition) is 1. The van der Waals surface area contributed by atoms with E-state index < -0.39 is 12.0 Å². The summed E-state index contributed by atoms with van der Waals surface area (Å²) in [4.78, 5) is 5.20. The van der Waals surface area contributed by atoms with Crippen molar-refractivity contribution in [3.8, 4) is 0 Å². The molecular formula is C10H16F3N3OS. The van der Waals surface area contributed by atoms with Crippen molar-refractivity contribution in [2.45, 2.75) is 38.9 Å². The Labute approximate surface area is 108 Å². The van der Waals surface area contributed by atoms with E-state index in [9.17, 15) is 13.2 Å². The van der Waals surface area contributed by atoms with Crippen molar-refractivity contribution < 1.29 is 18.3 Å². The maximum absolute atomic E-state index is 12.4. The van der Waals surface area contributed by atoms with E-state index in [0.717, 1.165) is 24.4 Å². The van der Waals surface area contributed by atoms with Crippen LogP contribution in [0.3, 0.4) is 0 Å². The second-order valence-electron chi connectivity index (χ2n) is 3.79. The minimum absolute atomic E-state index is 0.0613. The highest BCUT2D eigenvalue weighted by Crippen LogP contribution is 2.31. The van der Waals surface area contributed by atoms with Crippen LogP contribution in [0.25, 0.3) is 0 Å². The summed E-state index contributed by atoms with van der Waals surface area (Å²) in [6.45, 7) is 4.03. The highest BCUT2D eigenvalue weighted by Gasteiger charge is 2.37. The van der Waals surface area contributed by atoms with Gasteiger partial charge in [-0.3, -0.25) is 0 Å². The van der Waals surface area contributed by atoms with Crippen molar-refractivity contribution in [2.75, 3.05) is 18.1 Å². The molecule has 0 atom stereocenters. The van der Waals surface area contributed by atoms with Gasteiger partial charge in [0, 0.05) is 24.1 Å². The summed E-state index contributed by atoms with van der Waals surface area (Å²) in [7, 11) is 0. The minimum Gasteiger partial charge on any atom is -0.395 e. The summed E-state index contributed by atoms with van der Waals surface area (Å²) in [5.41, 5.74) is 0. The first-order valence-corrected chi connectivity index (χ1v) is 6.49. The van der Waals surface area contributed by atoms with E-state index in [0.29, 0.717) is 0 Å². The second kappa shape index (κ2) is 6.33. The summed E-state index contributed by atoms with van der Waals surface area (Å²) < 4.78 is 40.6. The van der Waals surface area contributed by atoms with Gasteiger partial charge in [-0.15, -0.1) is 0 Å². The Kier molecular flexibility index (Phi) is 5.33. The monoisotopic (exact) mass is 283 g/mol. The molecule has 0 spiro atoms. The third-order valence-corrected chi connectivity index (χ3v) is 3.39.